The number of aryl methyl sites for hydroxylation is 1. The zero-order valence-electron chi connectivity index (χ0n) is 17.1. The molecule has 0 radical (unpaired) electrons. The van der Waals surface area contributed by atoms with E-state index < -0.39 is 5.25 Å². The third-order valence-corrected chi connectivity index (χ3v) is 6.15. The minimum Gasteiger partial charge on any atom is -0.323 e. The molecule has 1 aliphatic rings. The lowest BCUT2D eigenvalue weighted by molar-refractivity contribution is -0.121. The van der Waals surface area contributed by atoms with E-state index in [1.54, 1.807) is 11.0 Å². The van der Waals surface area contributed by atoms with Crippen LogP contribution in [0.5, 0.6) is 0 Å². The standard InChI is InChI=1S/C22H23N5O2S/c1-4-26-20(16-10-6-5-9-14(16)2)24-25-22(26)30-15(3)21(29)27-13-19(28)23-17-11-7-8-12-18(17)27/h5-12,15H,4,13H2,1-3H3,(H,23,28)/t15-/m0/s1. The second-order valence-corrected chi connectivity index (χ2v) is 8.42. The van der Waals surface area contributed by atoms with E-state index >= 15 is 0 Å². The molecule has 7 nitrogen and oxygen atoms in total. The topological polar surface area (TPSA) is 80.1 Å². The molecule has 2 amide bonds. The zero-order chi connectivity index (χ0) is 21.3. The van der Waals surface area contributed by atoms with Crippen LogP contribution >= 0.6 is 11.8 Å². The molecular weight excluding hydrogens is 398 g/mol. The van der Waals surface area contributed by atoms with E-state index in [1.165, 1.54) is 11.8 Å². The molecular formula is C22H23N5O2S. The second kappa shape index (κ2) is 8.31. The van der Waals surface area contributed by atoms with E-state index in [-0.39, 0.29) is 18.4 Å². The van der Waals surface area contributed by atoms with E-state index in [9.17, 15) is 9.59 Å². The molecule has 0 aliphatic carbocycles. The lowest BCUT2D eigenvalue weighted by Crippen LogP contribution is -2.45. The Balaban J connectivity index is 1.59. The van der Waals surface area contributed by atoms with Crippen LogP contribution in [-0.2, 0) is 16.1 Å². The summed E-state index contributed by atoms with van der Waals surface area (Å²) in [5.41, 5.74) is 3.51. The van der Waals surface area contributed by atoms with Crippen LogP contribution in [-0.4, -0.2) is 38.4 Å². The highest BCUT2D eigenvalue weighted by Crippen LogP contribution is 2.33. The molecule has 2 heterocycles. The van der Waals surface area contributed by atoms with Gasteiger partial charge in [-0.3, -0.25) is 14.5 Å². The number of carbonyl (C=O) groups is 2. The van der Waals surface area contributed by atoms with E-state index in [2.05, 4.69) is 15.5 Å². The van der Waals surface area contributed by atoms with Gasteiger partial charge in [-0.25, -0.2) is 0 Å². The van der Waals surface area contributed by atoms with Crippen molar-refractivity contribution >= 4 is 35.0 Å². The van der Waals surface area contributed by atoms with Crippen molar-refractivity contribution in [1.29, 1.82) is 0 Å². The Morgan fingerprint density at radius 1 is 1.17 bits per heavy atom. The number of rotatable bonds is 5. The Bertz CT molecular complexity index is 1110. The first-order valence-corrected chi connectivity index (χ1v) is 10.7. The molecule has 0 spiro atoms. The molecule has 4 rings (SSSR count). The fraction of sp³-hybridized carbons (Fsp3) is 0.273. The maximum Gasteiger partial charge on any atom is 0.244 e. The molecule has 1 aliphatic heterocycles. The van der Waals surface area contributed by atoms with Gasteiger partial charge in [0, 0.05) is 12.1 Å². The Labute approximate surface area is 179 Å². The number of fused-ring (bicyclic) bond motifs is 1. The van der Waals surface area contributed by atoms with Gasteiger partial charge in [0.25, 0.3) is 0 Å². The summed E-state index contributed by atoms with van der Waals surface area (Å²) in [5, 5.41) is 11.8. The fourth-order valence-electron chi connectivity index (χ4n) is 3.54. The smallest absolute Gasteiger partial charge is 0.244 e. The number of aromatic nitrogens is 3. The highest BCUT2D eigenvalue weighted by atomic mass is 32.2. The van der Waals surface area contributed by atoms with Crippen LogP contribution < -0.4 is 10.2 Å². The van der Waals surface area contributed by atoms with Crippen LogP contribution in [0.1, 0.15) is 19.4 Å². The van der Waals surface area contributed by atoms with Crippen LogP contribution in [0.2, 0.25) is 0 Å². The van der Waals surface area contributed by atoms with Gasteiger partial charge in [-0.15, -0.1) is 10.2 Å². The Morgan fingerprint density at radius 2 is 1.90 bits per heavy atom. The number of carbonyl (C=O) groups excluding carboxylic acids is 2. The lowest BCUT2D eigenvalue weighted by Gasteiger charge is -2.30. The molecule has 0 saturated heterocycles. The highest BCUT2D eigenvalue weighted by Gasteiger charge is 2.31. The SMILES string of the molecule is CCn1c(S[C@@H](C)C(=O)N2CC(=O)Nc3ccccc32)nnc1-c1ccccc1C. The number of nitrogens with zero attached hydrogens (tertiary/aromatic N) is 4. The quantitative estimate of drug-likeness (QED) is 0.635. The van der Waals surface area contributed by atoms with Crippen LogP contribution in [0.3, 0.4) is 0 Å². The number of benzene rings is 2. The third kappa shape index (κ3) is 3.70. The van der Waals surface area contributed by atoms with Crippen LogP contribution in [0.25, 0.3) is 11.4 Å². The molecule has 2 aromatic carbocycles. The summed E-state index contributed by atoms with van der Waals surface area (Å²) in [4.78, 5) is 26.8. The second-order valence-electron chi connectivity index (χ2n) is 7.12. The summed E-state index contributed by atoms with van der Waals surface area (Å²) in [6, 6.07) is 15.4. The normalized spacial score (nSPS) is 14.2. The summed E-state index contributed by atoms with van der Waals surface area (Å²) in [5.74, 6) is 0.462. The summed E-state index contributed by atoms with van der Waals surface area (Å²) < 4.78 is 2.02. The minimum atomic E-state index is -0.428. The van der Waals surface area contributed by atoms with E-state index in [0.717, 1.165) is 17.0 Å². The molecule has 0 fully saturated rings. The van der Waals surface area contributed by atoms with Crippen molar-refractivity contribution in [1.82, 2.24) is 14.8 Å². The van der Waals surface area contributed by atoms with Crippen molar-refractivity contribution in [2.75, 3.05) is 16.8 Å². The number of hydrogen-bond acceptors (Lipinski definition) is 5. The maximum atomic E-state index is 13.2. The van der Waals surface area contributed by atoms with Crippen LogP contribution in [0.15, 0.2) is 53.7 Å². The van der Waals surface area contributed by atoms with Crippen molar-refractivity contribution in [3.8, 4) is 11.4 Å². The molecule has 0 unspecified atom stereocenters. The summed E-state index contributed by atoms with van der Waals surface area (Å²) >= 11 is 1.36. The Kier molecular flexibility index (Phi) is 5.59. The number of nitrogens with one attached hydrogen (secondary N) is 1. The third-order valence-electron chi connectivity index (χ3n) is 5.09. The van der Waals surface area contributed by atoms with Crippen molar-refractivity contribution in [2.24, 2.45) is 0 Å². The molecule has 0 bridgehead atoms. The van der Waals surface area contributed by atoms with Gasteiger partial charge in [0.15, 0.2) is 11.0 Å². The highest BCUT2D eigenvalue weighted by molar-refractivity contribution is 8.00. The van der Waals surface area contributed by atoms with E-state index in [1.807, 2.05) is 67.8 Å². The van der Waals surface area contributed by atoms with Gasteiger partial charge in [0.2, 0.25) is 11.8 Å². The van der Waals surface area contributed by atoms with Gasteiger partial charge in [-0.2, -0.15) is 0 Å². The van der Waals surface area contributed by atoms with Crippen LogP contribution in [0.4, 0.5) is 11.4 Å². The number of thioether (sulfide) groups is 1. The van der Waals surface area contributed by atoms with Gasteiger partial charge < -0.3 is 9.88 Å². The monoisotopic (exact) mass is 421 g/mol. The van der Waals surface area contributed by atoms with Crippen molar-refractivity contribution in [3.05, 3.63) is 54.1 Å². The molecule has 1 atom stereocenters. The summed E-state index contributed by atoms with van der Waals surface area (Å²) in [6.07, 6.45) is 0. The van der Waals surface area contributed by atoms with Crippen molar-refractivity contribution in [2.45, 2.75) is 37.7 Å². The minimum absolute atomic E-state index is 0.00960. The Hall–Kier alpha value is -3.13. The van der Waals surface area contributed by atoms with E-state index in [4.69, 9.17) is 0 Å². The maximum absolute atomic E-state index is 13.2. The van der Waals surface area contributed by atoms with E-state index in [0.29, 0.717) is 23.1 Å². The number of hydrogen-bond donors (Lipinski definition) is 1. The molecule has 30 heavy (non-hydrogen) atoms. The molecule has 1 N–H and O–H groups in total. The Morgan fingerprint density at radius 3 is 2.67 bits per heavy atom. The molecule has 3 aromatic rings. The molecule has 0 saturated carbocycles. The summed E-state index contributed by atoms with van der Waals surface area (Å²) in [6.45, 7) is 6.61. The molecule has 154 valence electrons. The zero-order valence-corrected chi connectivity index (χ0v) is 17.9. The fourth-order valence-corrected chi connectivity index (χ4v) is 4.52. The van der Waals surface area contributed by atoms with Crippen LogP contribution in [0, 0.1) is 6.92 Å². The van der Waals surface area contributed by atoms with Gasteiger partial charge in [0.05, 0.1) is 16.6 Å². The molecule has 8 heteroatoms. The number of para-hydroxylation sites is 2. The van der Waals surface area contributed by atoms with Gasteiger partial charge in [-0.05, 0) is 38.5 Å². The first-order valence-electron chi connectivity index (χ1n) is 9.85. The predicted molar refractivity (Wildman–Crippen MR) is 119 cm³/mol. The average Bonchev–Trinajstić information content (AvgIpc) is 3.15. The average molecular weight is 422 g/mol. The first kappa shape index (κ1) is 20.2. The van der Waals surface area contributed by atoms with Gasteiger partial charge in [-0.1, -0.05) is 48.2 Å². The van der Waals surface area contributed by atoms with Gasteiger partial charge in [0.1, 0.15) is 6.54 Å². The summed E-state index contributed by atoms with van der Waals surface area (Å²) in [7, 11) is 0. The first-order chi connectivity index (χ1) is 14.5. The number of amides is 2. The lowest BCUT2D eigenvalue weighted by atomic mass is 10.1. The number of anilines is 2. The molecule has 1 aromatic heterocycles. The van der Waals surface area contributed by atoms with Crippen molar-refractivity contribution < 1.29 is 9.59 Å². The predicted octanol–water partition coefficient (Wildman–Crippen LogP) is 3.74. The van der Waals surface area contributed by atoms with Gasteiger partial charge >= 0.3 is 0 Å². The largest absolute Gasteiger partial charge is 0.323 e. The van der Waals surface area contributed by atoms with Crippen molar-refractivity contribution in [3.63, 3.8) is 0 Å².